The van der Waals surface area contributed by atoms with Crippen molar-refractivity contribution in [3.05, 3.63) is 56.3 Å². The fourth-order valence-electron chi connectivity index (χ4n) is 2.00. The van der Waals surface area contributed by atoms with Crippen LogP contribution in [0.5, 0.6) is 0 Å². The molecule has 0 aliphatic heterocycles. The minimum absolute atomic E-state index is 0.190. The van der Waals surface area contributed by atoms with E-state index in [-0.39, 0.29) is 17.0 Å². The maximum absolute atomic E-state index is 12.3. The maximum Gasteiger partial charge on any atom is 0.261 e. The fraction of sp³-hybridized carbons (Fsp3) is 0.143. The molecule has 0 bridgehead atoms. The van der Waals surface area contributed by atoms with Crippen LogP contribution in [0.3, 0.4) is 0 Å². The van der Waals surface area contributed by atoms with E-state index in [4.69, 9.17) is 34.3 Å². The number of aromatic nitrogens is 1. The normalized spacial score (nSPS) is 10.6. The molecule has 0 amide bonds. The standard InChI is InChI=1S/C14H13Cl2N3O/c1-2-19-12(6-4-9(13(17)18)14(19)20)8-3-5-10(15)11(16)7-8/h3-7H,2H2,1H3,(H3,17,18). The van der Waals surface area contributed by atoms with E-state index in [0.717, 1.165) is 5.56 Å². The predicted octanol–water partition coefficient (Wildman–Crippen LogP) is 3.13. The third kappa shape index (κ3) is 2.57. The third-order valence-electron chi connectivity index (χ3n) is 3.00. The first kappa shape index (κ1) is 14.6. The highest BCUT2D eigenvalue weighted by molar-refractivity contribution is 6.42. The number of rotatable bonds is 3. The molecule has 2 aromatic rings. The van der Waals surface area contributed by atoms with Gasteiger partial charge >= 0.3 is 0 Å². The van der Waals surface area contributed by atoms with E-state index < -0.39 is 0 Å². The molecule has 6 heteroatoms. The molecule has 0 aliphatic carbocycles. The highest BCUT2D eigenvalue weighted by Gasteiger charge is 2.12. The Kier molecular flexibility index (Phi) is 4.16. The number of pyridine rings is 1. The van der Waals surface area contributed by atoms with Gasteiger partial charge in [0.15, 0.2) is 0 Å². The Bertz CT molecular complexity index is 738. The van der Waals surface area contributed by atoms with Crippen molar-refractivity contribution in [1.29, 1.82) is 5.41 Å². The van der Waals surface area contributed by atoms with Crippen LogP contribution in [0.4, 0.5) is 0 Å². The number of halogens is 2. The van der Waals surface area contributed by atoms with Crippen molar-refractivity contribution in [2.75, 3.05) is 0 Å². The van der Waals surface area contributed by atoms with E-state index in [2.05, 4.69) is 0 Å². The molecule has 0 radical (unpaired) electrons. The molecular formula is C14H13Cl2N3O. The number of benzene rings is 1. The summed E-state index contributed by atoms with van der Waals surface area (Å²) in [7, 11) is 0. The Hall–Kier alpha value is -1.78. The molecule has 0 saturated carbocycles. The topological polar surface area (TPSA) is 71.9 Å². The summed E-state index contributed by atoms with van der Waals surface area (Å²) in [5.74, 6) is -0.238. The molecule has 0 saturated heterocycles. The lowest BCUT2D eigenvalue weighted by Gasteiger charge is -2.13. The van der Waals surface area contributed by atoms with Gasteiger partial charge in [-0.1, -0.05) is 29.3 Å². The monoisotopic (exact) mass is 309 g/mol. The van der Waals surface area contributed by atoms with Gasteiger partial charge in [0.25, 0.3) is 5.56 Å². The van der Waals surface area contributed by atoms with E-state index in [9.17, 15) is 4.79 Å². The van der Waals surface area contributed by atoms with Crippen molar-refractivity contribution in [2.45, 2.75) is 13.5 Å². The first-order valence-corrected chi connectivity index (χ1v) is 6.75. The second kappa shape index (κ2) is 5.69. The van der Waals surface area contributed by atoms with E-state index in [1.807, 2.05) is 6.92 Å². The highest BCUT2D eigenvalue weighted by atomic mass is 35.5. The van der Waals surface area contributed by atoms with Crippen LogP contribution in [0.2, 0.25) is 10.0 Å². The number of nitrogens with zero attached hydrogens (tertiary/aromatic N) is 1. The van der Waals surface area contributed by atoms with Gasteiger partial charge in [0.1, 0.15) is 5.84 Å². The molecule has 20 heavy (non-hydrogen) atoms. The summed E-state index contributed by atoms with van der Waals surface area (Å²) >= 11 is 11.9. The van der Waals surface area contributed by atoms with Crippen molar-refractivity contribution in [3.8, 4) is 11.3 Å². The zero-order chi connectivity index (χ0) is 14.9. The van der Waals surface area contributed by atoms with Gasteiger partial charge in [-0.2, -0.15) is 0 Å². The number of nitrogens with two attached hydrogens (primary N) is 1. The second-order valence-corrected chi connectivity index (χ2v) is 5.04. The number of hydrogen-bond donors (Lipinski definition) is 2. The molecule has 0 aliphatic rings. The Balaban J connectivity index is 2.68. The van der Waals surface area contributed by atoms with Crippen molar-refractivity contribution in [2.24, 2.45) is 5.73 Å². The SMILES string of the molecule is CCn1c(-c2ccc(Cl)c(Cl)c2)ccc(C(=N)N)c1=O. The van der Waals surface area contributed by atoms with E-state index >= 15 is 0 Å². The van der Waals surface area contributed by atoms with E-state index in [1.165, 1.54) is 0 Å². The minimum atomic E-state index is -0.288. The molecule has 0 spiro atoms. The molecule has 1 aromatic carbocycles. The molecule has 0 unspecified atom stereocenters. The number of nitrogen functional groups attached to an aromatic ring is 1. The molecular weight excluding hydrogens is 297 g/mol. The lowest BCUT2D eigenvalue weighted by molar-refractivity contribution is 0.734. The van der Waals surface area contributed by atoms with Gasteiger partial charge in [-0.25, -0.2) is 0 Å². The number of hydrogen-bond acceptors (Lipinski definition) is 2. The quantitative estimate of drug-likeness (QED) is 0.675. The van der Waals surface area contributed by atoms with Crippen LogP contribution in [0.15, 0.2) is 35.1 Å². The molecule has 0 atom stereocenters. The summed E-state index contributed by atoms with van der Waals surface area (Å²) in [6, 6.07) is 8.49. The summed E-state index contributed by atoms with van der Waals surface area (Å²) in [5, 5.41) is 8.30. The maximum atomic E-state index is 12.3. The van der Waals surface area contributed by atoms with Gasteiger partial charge in [-0.05, 0) is 36.8 Å². The average molecular weight is 310 g/mol. The lowest BCUT2D eigenvalue weighted by Crippen LogP contribution is -2.30. The van der Waals surface area contributed by atoms with Crippen molar-refractivity contribution >= 4 is 29.0 Å². The summed E-state index contributed by atoms with van der Waals surface area (Å²) in [4.78, 5) is 12.3. The summed E-state index contributed by atoms with van der Waals surface area (Å²) in [6.45, 7) is 2.32. The zero-order valence-electron chi connectivity index (χ0n) is 10.8. The minimum Gasteiger partial charge on any atom is -0.384 e. The van der Waals surface area contributed by atoms with Gasteiger partial charge in [-0.15, -0.1) is 0 Å². The van der Waals surface area contributed by atoms with Crippen LogP contribution in [0, 0.1) is 5.41 Å². The van der Waals surface area contributed by atoms with E-state index in [1.54, 1.807) is 34.9 Å². The summed E-state index contributed by atoms with van der Waals surface area (Å²) in [6.07, 6.45) is 0. The molecule has 1 aromatic heterocycles. The Morgan fingerprint density at radius 3 is 2.50 bits per heavy atom. The van der Waals surface area contributed by atoms with Gasteiger partial charge < -0.3 is 10.3 Å². The summed E-state index contributed by atoms with van der Waals surface area (Å²) < 4.78 is 1.55. The van der Waals surface area contributed by atoms with Gasteiger partial charge in [0, 0.05) is 6.54 Å². The van der Waals surface area contributed by atoms with Crippen LogP contribution >= 0.6 is 23.2 Å². The summed E-state index contributed by atoms with van der Waals surface area (Å²) in [5.41, 5.74) is 6.80. The molecule has 0 fully saturated rings. The van der Waals surface area contributed by atoms with Crippen molar-refractivity contribution in [1.82, 2.24) is 4.57 Å². The molecule has 1 heterocycles. The average Bonchev–Trinajstić information content (AvgIpc) is 2.41. The second-order valence-electron chi connectivity index (χ2n) is 4.22. The highest BCUT2D eigenvalue weighted by Crippen LogP contribution is 2.28. The van der Waals surface area contributed by atoms with Gasteiger partial charge in [-0.3, -0.25) is 10.2 Å². The number of nitrogens with one attached hydrogen (secondary N) is 1. The smallest absolute Gasteiger partial charge is 0.261 e. The van der Waals surface area contributed by atoms with Crippen molar-refractivity contribution in [3.63, 3.8) is 0 Å². The zero-order valence-corrected chi connectivity index (χ0v) is 12.3. The predicted molar refractivity (Wildman–Crippen MR) is 82.8 cm³/mol. The van der Waals surface area contributed by atoms with Crippen LogP contribution in [0.1, 0.15) is 12.5 Å². The van der Waals surface area contributed by atoms with Gasteiger partial charge in [0.2, 0.25) is 0 Å². The largest absolute Gasteiger partial charge is 0.384 e. The molecule has 3 N–H and O–H groups in total. The molecule has 4 nitrogen and oxygen atoms in total. The first-order chi connectivity index (χ1) is 9.45. The Morgan fingerprint density at radius 1 is 1.25 bits per heavy atom. The fourth-order valence-corrected chi connectivity index (χ4v) is 2.30. The molecule has 2 rings (SSSR count). The first-order valence-electron chi connectivity index (χ1n) is 5.99. The van der Waals surface area contributed by atoms with Crippen LogP contribution in [-0.2, 0) is 6.54 Å². The lowest BCUT2D eigenvalue weighted by atomic mass is 10.1. The van der Waals surface area contributed by atoms with Crippen LogP contribution in [0.25, 0.3) is 11.3 Å². The number of amidine groups is 1. The Morgan fingerprint density at radius 2 is 1.95 bits per heavy atom. The molecule has 104 valence electrons. The van der Waals surface area contributed by atoms with Gasteiger partial charge in [0.05, 0.1) is 21.3 Å². The van der Waals surface area contributed by atoms with E-state index in [0.29, 0.717) is 22.3 Å². The third-order valence-corrected chi connectivity index (χ3v) is 3.74. The Labute approximate surface area is 126 Å². The van der Waals surface area contributed by atoms with Crippen LogP contribution < -0.4 is 11.3 Å². The van der Waals surface area contributed by atoms with Crippen molar-refractivity contribution < 1.29 is 0 Å². The van der Waals surface area contributed by atoms with Crippen LogP contribution in [-0.4, -0.2) is 10.4 Å².